The lowest BCUT2D eigenvalue weighted by atomic mass is 10.0. The van der Waals surface area contributed by atoms with Gasteiger partial charge in [-0.15, -0.1) is 0 Å². The van der Waals surface area contributed by atoms with Gasteiger partial charge < -0.3 is 14.2 Å². The van der Waals surface area contributed by atoms with Crippen molar-refractivity contribution in [2.75, 3.05) is 13.2 Å². The molecule has 0 aromatic rings. The molecule has 1 unspecified atom stereocenters. The van der Waals surface area contributed by atoms with Crippen LogP contribution >= 0.6 is 0 Å². The zero-order valence-corrected chi connectivity index (χ0v) is 53.4. The second-order valence-corrected chi connectivity index (χ2v) is 24.1. The molecule has 0 aromatic heterocycles. The second-order valence-electron chi connectivity index (χ2n) is 24.1. The van der Waals surface area contributed by atoms with Crippen LogP contribution in [-0.2, 0) is 28.6 Å². The molecule has 6 nitrogen and oxygen atoms in total. The lowest BCUT2D eigenvalue weighted by Crippen LogP contribution is -2.30. The predicted octanol–water partition coefficient (Wildman–Crippen LogP) is 24.3. The van der Waals surface area contributed by atoms with Gasteiger partial charge in [-0.1, -0.05) is 340 Å². The van der Waals surface area contributed by atoms with Crippen LogP contribution in [0.4, 0.5) is 0 Å². The van der Waals surface area contributed by atoms with Gasteiger partial charge >= 0.3 is 17.9 Å². The summed E-state index contributed by atoms with van der Waals surface area (Å²) >= 11 is 0. The van der Waals surface area contributed by atoms with Gasteiger partial charge in [0.1, 0.15) is 13.2 Å². The third-order valence-electron chi connectivity index (χ3n) is 16.1. The van der Waals surface area contributed by atoms with E-state index < -0.39 is 6.10 Å². The van der Waals surface area contributed by atoms with Crippen LogP contribution in [0.2, 0.25) is 0 Å². The molecule has 0 fully saturated rings. The Morgan fingerprint density at radius 1 is 0.253 bits per heavy atom. The zero-order valence-electron chi connectivity index (χ0n) is 53.4. The molecule has 0 aliphatic heterocycles. The van der Waals surface area contributed by atoms with E-state index in [1.54, 1.807) is 0 Å². The van der Waals surface area contributed by atoms with E-state index in [1.807, 2.05) is 0 Å². The topological polar surface area (TPSA) is 78.9 Å². The van der Waals surface area contributed by atoms with Crippen molar-refractivity contribution >= 4 is 17.9 Å². The van der Waals surface area contributed by atoms with E-state index in [-0.39, 0.29) is 31.1 Å². The summed E-state index contributed by atoms with van der Waals surface area (Å²) in [6, 6.07) is 0. The number of rotatable bonds is 66. The fourth-order valence-electron chi connectivity index (χ4n) is 10.8. The third-order valence-corrected chi connectivity index (χ3v) is 16.1. The Kier molecular flexibility index (Phi) is 66.1. The molecule has 1 atom stereocenters. The van der Waals surface area contributed by atoms with Crippen molar-refractivity contribution in [1.29, 1.82) is 0 Å². The van der Waals surface area contributed by atoms with E-state index in [0.717, 1.165) is 70.6 Å². The van der Waals surface area contributed by atoms with E-state index in [0.29, 0.717) is 19.3 Å². The number of ether oxygens (including phenoxy) is 3. The third kappa shape index (κ3) is 66.3. The lowest BCUT2D eigenvalue weighted by molar-refractivity contribution is -0.167. The van der Waals surface area contributed by atoms with Gasteiger partial charge in [-0.2, -0.15) is 0 Å². The Balaban J connectivity index is 4.00. The molecule has 0 heterocycles. The highest BCUT2D eigenvalue weighted by Gasteiger charge is 2.19. The molecule has 0 aromatic carbocycles. The minimum absolute atomic E-state index is 0.0683. The quantitative estimate of drug-likeness (QED) is 0.0261. The van der Waals surface area contributed by atoms with Gasteiger partial charge in [0.2, 0.25) is 0 Å². The van der Waals surface area contributed by atoms with Gasteiger partial charge in [-0.25, -0.2) is 0 Å². The van der Waals surface area contributed by atoms with Crippen LogP contribution in [-0.4, -0.2) is 37.2 Å². The van der Waals surface area contributed by atoms with Crippen molar-refractivity contribution in [2.45, 2.75) is 399 Å². The number of hydrogen-bond acceptors (Lipinski definition) is 6. The fourth-order valence-corrected chi connectivity index (χ4v) is 10.8. The van der Waals surface area contributed by atoms with Crippen LogP contribution in [0.5, 0.6) is 0 Å². The number of allylic oxidation sites excluding steroid dienone is 6. The van der Waals surface area contributed by atoms with Gasteiger partial charge in [0.25, 0.3) is 0 Å². The van der Waals surface area contributed by atoms with Gasteiger partial charge in [0, 0.05) is 19.3 Å². The maximum absolute atomic E-state index is 12.9. The summed E-state index contributed by atoms with van der Waals surface area (Å²) < 4.78 is 16.9. The van der Waals surface area contributed by atoms with Crippen molar-refractivity contribution in [3.05, 3.63) is 36.5 Å². The molecule has 0 N–H and O–H groups in total. The fraction of sp³-hybridized carbons (Fsp3) is 0.877. The largest absolute Gasteiger partial charge is 0.462 e. The summed E-state index contributed by atoms with van der Waals surface area (Å²) in [5, 5.41) is 0. The molecule has 464 valence electrons. The average Bonchev–Trinajstić information content (AvgIpc) is 3.45. The monoisotopic (exact) mass is 1110 g/mol. The molecule has 0 spiro atoms. The van der Waals surface area contributed by atoms with E-state index in [1.165, 1.54) is 283 Å². The highest BCUT2D eigenvalue weighted by molar-refractivity contribution is 5.71. The van der Waals surface area contributed by atoms with Crippen molar-refractivity contribution in [2.24, 2.45) is 0 Å². The molecule has 0 aliphatic rings. The predicted molar refractivity (Wildman–Crippen MR) is 344 cm³/mol. The first-order valence-electron chi connectivity index (χ1n) is 35.5. The van der Waals surface area contributed by atoms with Crippen LogP contribution in [0.3, 0.4) is 0 Å². The van der Waals surface area contributed by atoms with Crippen LogP contribution < -0.4 is 0 Å². The Hall–Kier alpha value is -2.37. The Bertz CT molecular complexity index is 1320. The number of carbonyl (C=O) groups excluding carboxylic acids is 3. The average molecular weight is 1110 g/mol. The minimum atomic E-state index is -0.770. The van der Waals surface area contributed by atoms with Crippen molar-refractivity contribution in [3.8, 4) is 0 Å². The summed E-state index contributed by atoms with van der Waals surface area (Å²) in [5.74, 6) is -0.852. The Morgan fingerprint density at radius 3 is 0.747 bits per heavy atom. The Labute approximate surface area is 493 Å². The Morgan fingerprint density at radius 2 is 0.468 bits per heavy atom. The first-order chi connectivity index (χ1) is 39.0. The first-order valence-corrected chi connectivity index (χ1v) is 35.5. The molecule has 0 saturated carbocycles. The van der Waals surface area contributed by atoms with E-state index in [2.05, 4.69) is 57.2 Å². The summed E-state index contributed by atoms with van der Waals surface area (Å²) in [6.45, 7) is 6.65. The van der Waals surface area contributed by atoms with Crippen molar-refractivity contribution in [1.82, 2.24) is 0 Å². The number of carbonyl (C=O) groups is 3. The SMILES string of the molecule is CCCC/C=C\CCCCCCCC(=O)OCC(COC(=O)CCCCCCCCCCCCCCCCCCCCCCCCC/C=C\C/C=C\CCCCCCC)OC(=O)CCCCCCCCCCCCCCCCC. The molecule has 0 bridgehead atoms. The molecular weight excluding hydrogens is 973 g/mol. The smallest absolute Gasteiger partial charge is 0.306 e. The van der Waals surface area contributed by atoms with Crippen LogP contribution in [0.25, 0.3) is 0 Å². The van der Waals surface area contributed by atoms with Crippen LogP contribution in [0, 0.1) is 0 Å². The molecule has 0 aliphatic carbocycles. The normalized spacial score (nSPS) is 12.2. The molecule has 0 radical (unpaired) electrons. The van der Waals surface area contributed by atoms with Gasteiger partial charge in [0.05, 0.1) is 0 Å². The van der Waals surface area contributed by atoms with Gasteiger partial charge in [-0.05, 0) is 70.6 Å². The standard InChI is InChI=1S/C73H136O6/c1-4-7-10-13-16-19-22-24-26-27-28-29-30-31-32-33-34-35-36-37-38-39-40-41-42-43-44-45-47-48-51-54-57-60-63-66-72(75)78-69-70(68-77-71(74)65-62-59-56-53-50-21-18-15-12-9-6-3)79-73(76)67-64-61-58-55-52-49-46-25-23-20-17-14-11-8-5-2/h15,18,22,24,27-28,70H,4-14,16-17,19-21,23,25-26,29-69H2,1-3H3/b18-15-,24-22-,28-27-. The summed E-state index contributed by atoms with van der Waals surface area (Å²) in [6.07, 6.45) is 84.9. The highest BCUT2D eigenvalue weighted by atomic mass is 16.6. The first kappa shape index (κ1) is 76.6. The summed E-state index contributed by atoms with van der Waals surface area (Å²) in [7, 11) is 0. The lowest BCUT2D eigenvalue weighted by Gasteiger charge is -2.18. The van der Waals surface area contributed by atoms with E-state index in [4.69, 9.17) is 14.2 Å². The molecule has 0 amide bonds. The molecular formula is C73H136O6. The maximum atomic E-state index is 12.9. The second kappa shape index (κ2) is 68.1. The number of unbranched alkanes of at least 4 members (excludes halogenated alkanes) is 49. The van der Waals surface area contributed by atoms with Crippen molar-refractivity contribution < 1.29 is 28.6 Å². The number of esters is 3. The van der Waals surface area contributed by atoms with E-state index >= 15 is 0 Å². The van der Waals surface area contributed by atoms with Gasteiger partial charge in [0.15, 0.2) is 6.10 Å². The highest BCUT2D eigenvalue weighted by Crippen LogP contribution is 2.19. The zero-order chi connectivity index (χ0) is 57.1. The van der Waals surface area contributed by atoms with Crippen molar-refractivity contribution in [3.63, 3.8) is 0 Å². The summed E-state index contributed by atoms with van der Waals surface area (Å²) in [4.78, 5) is 38.3. The minimum Gasteiger partial charge on any atom is -0.462 e. The summed E-state index contributed by atoms with van der Waals surface area (Å²) in [5.41, 5.74) is 0. The van der Waals surface area contributed by atoms with Crippen LogP contribution in [0.1, 0.15) is 393 Å². The van der Waals surface area contributed by atoms with Crippen LogP contribution in [0.15, 0.2) is 36.5 Å². The molecule has 0 saturated heterocycles. The van der Waals surface area contributed by atoms with Gasteiger partial charge in [-0.3, -0.25) is 14.4 Å². The molecule has 79 heavy (non-hydrogen) atoms. The number of hydrogen-bond donors (Lipinski definition) is 0. The molecule has 6 heteroatoms. The van der Waals surface area contributed by atoms with E-state index in [9.17, 15) is 14.4 Å². The molecule has 0 rings (SSSR count). The maximum Gasteiger partial charge on any atom is 0.306 e.